The van der Waals surface area contributed by atoms with E-state index in [-0.39, 0.29) is 5.97 Å². The van der Waals surface area contributed by atoms with Gasteiger partial charge in [-0.3, -0.25) is 0 Å². The number of halogens is 1. The van der Waals surface area contributed by atoms with Gasteiger partial charge in [-0.15, -0.1) is 0 Å². The molecule has 0 fully saturated rings. The first-order valence-corrected chi connectivity index (χ1v) is 4.82. The van der Waals surface area contributed by atoms with E-state index in [9.17, 15) is 4.79 Å². The Kier molecular flexibility index (Phi) is 2.92. The number of esters is 1. The van der Waals surface area contributed by atoms with E-state index >= 15 is 0 Å². The molecule has 1 rings (SSSR count). The van der Waals surface area contributed by atoms with Gasteiger partial charge in [0.15, 0.2) is 0 Å². The minimum Gasteiger partial charge on any atom is -0.466 e. The number of carbonyl (C=O) groups is 1. The fraction of sp³-hybridized carbons (Fsp3) is 0.625. The first-order chi connectivity index (χ1) is 5.15. The maximum absolute atomic E-state index is 11.0. The fourth-order valence-electron chi connectivity index (χ4n) is 1.17. The standard InChI is InChI=1S/C8H11IO2/c1-5-3-6(4-7(5)9)8(10)11-2/h4-5,7H,3H2,1-2H3/t5-,7-/m0/s1. The molecule has 0 radical (unpaired) electrons. The van der Waals surface area contributed by atoms with E-state index in [1.807, 2.05) is 6.08 Å². The summed E-state index contributed by atoms with van der Waals surface area (Å²) in [7, 11) is 1.42. The number of carbonyl (C=O) groups excluding carboxylic acids is 1. The Labute approximate surface area is 80.1 Å². The van der Waals surface area contributed by atoms with Crippen molar-refractivity contribution in [1.29, 1.82) is 0 Å². The Morgan fingerprint density at radius 2 is 2.45 bits per heavy atom. The Balaban J connectivity index is 2.63. The molecule has 2 atom stereocenters. The van der Waals surface area contributed by atoms with E-state index < -0.39 is 0 Å². The number of hydrogen-bond donors (Lipinski definition) is 0. The lowest BCUT2D eigenvalue weighted by Gasteiger charge is -2.04. The second-order valence-corrected chi connectivity index (χ2v) is 4.25. The largest absolute Gasteiger partial charge is 0.466 e. The molecule has 0 heterocycles. The summed E-state index contributed by atoms with van der Waals surface area (Å²) in [6.07, 6.45) is 2.86. The SMILES string of the molecule is COC(=O)C1=C[C@H](I)[C@@H](C)C1. The highest BCUT2D eigenvalue weighted by Crippen LogP contribution is 2.30. The van der Waals surface area contributed by atoms with Crippen molar-refractivity contribution in [3.63, 3.8) is 0 Å². The number of methoxy groups -OCH3 is 1. The van der Waals surface area contributed by atoms with Gasteiger partial charge in [-0.05, 0) is 12.3 Å². The van der Waals surface area contributed by atoms with Gasteiger partial charge >= 0.3 is 5.97 Å². The molecule has 0 unspecified atom stereocenters. The Hall–Kier alpha value is -0.0600. The van der Waals surface area contributed by atoms with E-state index in [2.05, 4.69) is 34.3 Å². The molecule has 0 saturated heterocycles. The van der Waals surface area contributed by atoms with Crippen LogP contribution < -0.4 is 0 Å². The molecule has 0 aromatic rings. The van der Waals surface area contributed by atoms with E-state index in [0.717, 1.165) is 12.0 Å². The van der Waals surface area contributed by atoms with Crippen LogP contribution in [-0.2, 0) is 9.53 Å². The van der Waals surface area contributed by atoms with Crippen LogP contribution in [-0.4, -0.2) is 17.0 Å². The number of ether oxygens (including phenoxy) is 1. The molecule has 0 aromatic heterocycles. The van der Waals surface area contributed by atoms with Crippen molar-refractivity contribution in [3.8, 4) is 0 Å². The molecule has 0 saturated carbocycles. The second-order valence-electron chi connectivity index (χ2n) is 2.81. The van der Waals surface area contributed by atoms with Gasteiger partial charge in [0, 0.05) is 9.50 Å². The zero-order valence-corrected chi connectivity index (χ0v) is 8.79. The molecule has 0 aliphatic heterocycles. The highest BCUT2D eigenvalue weighted by Gasteiger charge is 2.25. The summed E-state index contributed by atoms with van der Waals surface area (Å²) in [5.41, 5.74) is 0.833. The van der Waals surface area contributed by atoms with Crippen LogP contribution in [0.5, 0.6) is 0 Å². The lowest BCUT2D eigenvalue weighted by atomic mass is 10.1. The normalized spacial score (nSPS) is 29.9. The summed E-state index contributed by atoms with van der Waals surface area (Å²) in [5, 5.41) is 0. The van der Waals surface area contributed by atoms with Crippen LogP contribution in [0.15, 0.2) is 11.6 Å². The molecule has 2 nitrogen and oxygen atoms in total. The van der Waals surface area contributed by atoms with Crippen LogP contribution in [0, 0.1) is 5.92 Å². The zero-order chi connectivity index (χ0) is 8.43. The minimum absolute atomic E-state index is 0.170. The smallest absolute Gasteiger partial charge is 0.333 e. The van der Waals surface area contributed by atoms with Gasteiger partial charge in [-0.1, -0.05) is 35.6 Å². The topological polar surface area (TPSA) is 26.3 Å². The predicted molar refractivity (Wildman–Crippen MR) is 51.7 cm³/mol. The Morgan fingerprint density at radius 1 is 1.82 bits per heavy atom. The lowest BCUT2D eigenvalue weighted by molar-refractivity contribution is -0.136. The van der Waals surface area contributed by atoms with E-state index in [4.69, 9.17) is 0 Å². The van der Waals surface area contributed by atoms with Crippen molar-refractivity contribution in [2.75, 3.05) is 7.11 Å². The van der Waals surface area contributed by atoms with Crippen LogP contribution in [0.3, 0.4) is 0 Å². The first-order valence-electron chi connectivity index (χ1n) is 3.58. The van der Waals surface area contributed by atoms with Crippen molar-refractivity contribution in [1.82, 2.24) is 0 Å². The van der Waals surface area contributed by atoms with Crippen LogP contribution in [0.2, 0.25) is 0 Å². The monoisotopic (exact) mass is 266 g/mol. The molecular formula is C8H11IO2. The molecule has 1 aliphatic rings. The maximum Gasteiger partial charge on any atom is 0.333 e. The summed E-state index contributed by atoms with van der Waals surface area (Å²) < 4.78 is 5.11. The fourth-order valence-corrected chi connectivity index (χ4v) is 1.85. The van der Waals surface area contributed by atoms with Crippen molar-refractivity contribution in [3.05, 3.63) is 11.6 Å². The van der Waals surface area contributed by atoms with Gasteiger partial charge in [0.05, 0.1) is 7.11 Å². The van der Waals surface area contributed by atoms with Crippen LogP contribution >= 0.6 is 22.6 Å². The van der Waals surface area contributed by atoms with Gasteiger partial charge in [-0.2, -0.15) is 0 Å². The highest BCUT2D eigenvalue weighted by atomic mass is 127. The van der Waals surface area contributed by atoms with Crippen LogP contribution in [0.1, 0.15) is 13.3 Å². The van der Waals surface area contributed by atoms with Crippen molar-refractivity contribution in [2.24, 2.45) is 5.92 Å². The van der Waals surface area contributed by atoms with E-state index in [1.54, 1.807) is 0 Å². The predicted octanol–water partition coefficient (Wildman–Crippen LogP) is 1.93. The molecule has 1 aliphatic carbocycles. The molecule has 62 valence electrons. The third-order valence-electron chi connectivity index (χ3n) is 1.89. The lowest BCUT2D eigenvalue weighted by Crippen LogP contribution is -2.04. The van der Waals surface area contributed by atoms with Crippen molar-refractivity contribution in [2.45, 2.75) is 17.3 Å². The molecule has 0 spiro atoms. The van der Waals surface area contributed by atoms with Gasteiger partial charge in [0.1, 0.15) is 0 Å². The minimum atomic E-state index is -0.170. The number of rotatable bonds is 1. The quantitative estimate of drug-likeness (QED) is 0.412. The van der Waals surface area contributed by atoms with Crippen LogP contribution in [0.25, 0.3) is 0 Å². The second kappa shape index (κ2) is 3.56. The van der Waals surface area contributed by atoms with Gasteiger partial charge in [0.25, 0.3) is 0 Å². The number of allylic oxidation sites excluding steroid dienone is 1. The third-order valence-corrected chi connectivity index (χ3v) is 3.48. The van der Waals surface area contributed by atoms with E-state index in [1.165, 1.54) is 7.11 Å². The third kappa shape index (κ3) is 1.95. The maximum atomic E-state index is 11.0. The average molecular weight is 266 g/mol. The zero-order valence-electron chi connectivity index (χ0n) is 6.63. The van der Waals surface area contributed by atoms with Crippen molar-refractivity contribution >= 4 is 28.6 Å². The Morgan fingerprint density at radius 3 is 2.82 bits per heavy atom. The number of alkyl halides is 1. The molecule has 0 aromatic carbocycles. The summed E-state index contributed by atoms with van der Waals surface area (Å²) in [6, 6.07) is 0. The van der Waals surface area contributed by atoms with Gasteiger partial charge in [-0.25, -0.2) is 4.79 Å². The average Bonchev–Trinajstić information content (AvgIpc) is 2.31. The molecule has 0 amide bonds. The van der Waals surface area contributed by atoms with Crippen molar-refractivity contribution < 1.29 is 9.53 Å². The molecular weight excluding hydrogens is 255 g/mol. The summed E-state index contributed by atoms with van der Waals surface area (Å²) >= 11 is 2.34. The molecule has 0 N–H and O–H groups in total. The molecule has 3 heteroatoms. The Bertz CT molecular complexity index is 198. The van der Waals surface area contributed by atoms with Crippen LogP contribution in [0.4, 0.5) is 0 Å². The summed E-state index contributed by atoms with van der Waals surface area (Å²) in [6.45, 7) is 2.14. The summed E-state index contributed by atoms with van der Waals surface area (Å²) in [4.78, 5) is 11.0. The summed E-state index contributed by atoms with van der Waals surface area (Å²) in [5.74, 6) is 0.403. The van der Waals surface area contributed by atoms with Gasteiger partial charge in [0.2, 0.25) is 0 Å². The number of hydrogen-bond acceptors (Lipinski definition) is 2. The molecule has 0 bridgehead atoms. The highest BCUT2D eigenvalue weighted by molar-refractivity contribution is 14.1. The van der Waals surface area contributed by atoms with Gasteiger partial charge < -0.3 is 4.74 Å². The molecule has 11 heavy (non-hydrogen) atoms. The van der Waals surface area contributed by atoms with E-state index in [0.29, 0.717) is 9.84 Å². The first kappa shape index (κ1) is 9.03.